The average molecular weight is 494 g/mol. The largest absolute Gasteiger partial charge is 0.573 e. The van der Waals surface area contributed by atoms with Crippen LogP contribution in [0, 0.1) is 0 Å². The maximum atomic E-state index is 12.7. The molecule has 1 heterocycles. The average Bonchev–Trinajstić information content (AvgIpc) is 2.77. The van der Waals surface area contributed by atoms with E-state index in [0.717, 1.165) is 5.56 Å². The Morgan fingerprint density at radius 3 is 1.94 bits per heavy atom. The van der Waals surface area contributed by atoms with E-state index < -0.39 is 12.0 Å². The Morgan fingerprint density at radius 2 is 1.46 bits per heavy atom. The van der Waals surface area contributed by atoms with Crippen molar-refractivity contribution in [2.75, 3.05) is 25.5 Å². The van der Waals surface area contributed by atoms with Gasteiger partial charge in [-0.25, -0.2) is 9.59 Å². The van der Waals surface area contributed by atoms with Gasteiger partial charge in [0.2, 0.25) is 0 Å². The van der Waals surface area contributed by atoms with Gasteiger partial charge in [0.25, 0.3) is 0 Å². The molecule has 2 aromatic rings. The maximum absolute atomic E-state index is 12.7. The summed E-state index contributed by atoms with van der Waals surface area (Å²) in [7, 11) is 1.72. The lowest BCUT2D eigenvalue weighted by Gasteiger charge is -2.37. The molecule has 0 unspecified atom stereocenters. The maximum Gasteiger partial charge on any atom is 0.573 e. The predicted octanol–water partition coefficient (Wildman–Crippen LogP) is 6.12. The van der Waals surface area contributed by atoms with Crippen LogP contribution in [0.4, 0.5) is 28.4 Å². The number of carbonyl (C=O) groups is 2. The first-order valence-electron chi connectivity index (χ1n) is 11.3. The Balaban J connectivity index is 1.52. The van der Waals surface area contributed by atoms with Crippen LogP contribution < -0.4 is 10.1 Å². The molecule has 1 N–H and O–H groups in total. The van der Waals surface area contributed by atoms with Crippen molar-refractivity contribution in [3.63, 3.8) is 0 Å². The van der Waals surface area contributed by atoms with Crippen LogP contribution in [0.1, 0.15) is 33.6 Å². The topological polar surface area (TPSA) is 71.1 Å². The number of piperidine rings is 1. The van der Waals surface area contributed by atoms with E-state index in [1.807, 2.05) is 20.8 Å². The van der Waals surface area contributed by atoms with Crippen LogP contribution in [-0.4, -0.2) is 60.1 Å². The molecule has 0 saturated carbocycles. The molecule has 35 heavy (non-hydrogen) atoms. The van der Waals surface area contributed by atoms with E-state index >= 15 is 0 Å². The fraction of sp³-hybridized carbons (Fsp3) is 0.440. The van der Waals surface area contributed by atoms with E-state index in [-0.39, 0.29) is 23.9 Å². The first kappa shape index (κ1) is 26.2. The summed E-state index contributed by atoms with van der Waals surface area (Å²) >= 11 is 0. The van der Waals surface area contributed by atoms with E-state index in [1.54, 1.807) is 41.1 Å². The number of ether oxygens (including phenoxy) is 2. The molecule has 0 aliphatic carbocycles. The number of nitrogens with one attached hydrogen (secondary N) is 1. The third-order valence-corrected chi connectivity index (χ3v) is 5.54. The van der Waals surface area contributed by atoms with Crippen molar-refractivity contribution in [3.8, 4) is 16.9 Å². The minimum absolute atomic E-state index is 0.00890. The van der Waals surface area contributed by atoms with Crippen LogP contribution in [-0.2, 0) is 4.74 Å². The smallest absolute Gasteiger partial charge is 0.444 e. The fourth-order valence-corrected chi connectivity index (χ4v) is 3.73. The Morgan fingerprint density at radius 1 is 0.943 bits per heavy atom. The minimum Gasteiger partial charge on any atom is -0.444 e. The molecule has 0 aromatic heterocycles. The molecule has 1 aliphatic rings. The van der Waals surface area contributed by atoms with Gasteiger partial charge in [0.05, 0.1) is 0 Å². The highest BCUT2D eigenvalue weighted by Gasteiger charge is 2.31. The van der Waals surface area contributed by atoms with Crippen LogP contribution in [0.2, 0.25) is 0 Å². The Labute approximate surface area is 202 Å². The molecule has 10 heteroatoms. The monoisotopic (exact) mass is 493 g/mol. The van der Waals surface area contributed by atoms with E-state index in [1.165, 1.54) is 24.3 Å². The number of hydrogen-bond donors (Lipinski definition) is 1. The molecule has 0 radical (unpaired) electrons. The zero-order chi connectivity index (χ0) is 25.8. The number of alkyl halides is 3. The molecule has 0 atom stereocenters. The van der Waals surface area contributed by atoms with Gasteiger partial charge in [-0.15, -0.1) is 13.2 Å². The number of carbonyl (C=O) groups excluding carboxylic acids is 2. The van der Waals surface area contributed by atoms with Crippen LogP contribution >= 0.6 is 0 Å². The van der Waals surface area contributed by atoms with Crippen LogP contribution in [0.15, 0.2) is 48.5 Å². The SMILES string of the molecule is CN(C(=O)Nc1ccc(-c2ccc(OC(F)(F)F)cc2)cc1)C1CCN(C(=O)OC(C)(C)C)CC1. The van der Waals surface area contributed by atoms with Crippen molar-refractivity contribution in [3.05, 3.63) is 48.5 Å². The predicted molar refractivity (Wildman–Crippen MR) is 126 cm³/mol. The van der Waals surface area contributed by atoms with Gasteiger partial charge in [0.15, 0.2) is 0 Å². The molecule has 2 aromatic carbocycles. The quantitative estimate of drug-likeness (QED) is 0.558. The molecule has 3 amide bonds. The van der Waals surface area contributed by atoms with Crippen LogP contribution in [0.5, 0.6) is 5.75 Å². The molecule has 1 fully saturated rings. The van der Waals surface area contributed by atoms with Gasteiger partial charge in [-0.05, 0) is 69.0 Å². The number of anilines is 1. The standard InChI is InChI=1S/C25H30F3N3O4/c1-24(2,3)35-23(33)31-15-13-20(14-16-31)30(4)22(32)29-19-9-5-17(6-10-19)18-7-11-21(12-8-18)34-25(26,27)28/h5-12,20H,13-16H2,1-4H3,(H,29,32). The Bertz CT molecular complexity index is 1010. The number of halogens is 3. The number of urea groups is 1. The highest BCUT2D eigenvalue weighted by molar-refractivity contribution is 5.89. The van der Waals surface area contributed by atoms with E-state index in [0.29, 0.717) is 37.2 Å². The third-order valence-electron chi connectivity index (χ3n) is 5.54. The summed E-state index contributed by atoms with van der Waals surface area (Å²) in [6, 6.07) is 12.3. The summed E-state index contributed by atoms with van der Waals surface area (Å²) in [6.45, 7) is 6.50. The lowest BCUT2D eigenvalue weighted by Crippen LogP contribution is -2.49. The number of benzene rings is 2. The fourth-order valence-electron chi connectivity index (χ4n) is 3.73. The molecular formula is C25H30F3N3O4. The summed E-state index contributed by atoms with van der Waals surface area (Å²) in [5.41, 5.74) is 1.54. The number of rotatable bonds is 4. The molecule has 190 valence electrons. The minimum atomic E-state index is -4.73. The third kappa shape index (κ3) is 7.80. The van der Waals surface area contributed by atoms with Gasteiger partial charge >= 0.3 is 18.5 Å². The normalized spacial score (nSPS) is 14.9. The van der Waals surface area contributed by atoms with Crippen LogP contribution in [0.25, 0.3) is 11.1 Å². The zero-order valence-electron chi connectivity index (χ0n) is 20.2. The zero-order valence-corrected chi connectivity index (χ0v) is 20.2. The van der Waals surface area contributed by atoms with Crippen molar-refractivity contribution in [1.29, 1.82) is 0 Å². The van der Waals surface area contributed by atoms with Crippen molar-refractivity contribution in [2.45, 2.75) is 51.6 Å². The molecule has 0 spiro atoms. The number of hydrogen-bond acceptors (Lipinski definition) is 4. The molecule has 1 saturated heterocycles. The Kier molecular flexibility index (Phi) is 7.82. The molecule has 0 bridgehead atoms. The number of amides is 3. The Hall–Kier alpha value is -3.43. The summed E-state index contributed by atoms with van der Waals surface area (Å²) in [5.74, 6) is -0.287. The van der Waals surface area contributed by atoms with Gasteiger partial charge in [-0.2, -0.15) is 0 Å². The van der Waals surface area contributed by atoms with Crippen molar-refractivity contribution in [1.82, 2.24) is 9.80 Å². The van der Waals surface area contributed by atoms with Crippen molar-refractivity contribution >= 4 is 17.8 Å². The second-order valence-corrected chi connectivity index (χ2v) is 9.39. The summed E-state index contributed by atoms with van der Waals surface area (Å²) in [4.78, 5) is 28.3. The second kappa shape index (κ2) is 10.5. The first-order valence-corrected chi connectivity index (χ1v) is 11.3. The van der Waals surface area contributed by atoms with E-state index in [4.69, 9.17) is 4.74 Å². The van der Waals surface area contributed by atoms with Gasteiger partial charge in [-0.1, -0.05) is 24.3 Å². The van der Waals surface area contributed by atoms with Crippen molar-refractivity contribution in [2.24, 2.45) is 0 Å². The van der Waals surface area contributed by atoms with Crippen LogP contribution in [0.3, 0.4) is 0 Å². The first-order chi connectivity index (χ1) is 16.3. The number of nitrogens with zero attached hydrogens (tertiary/aromatic N) is 2. The molecule has 3 rings (SSSR count). The highest BCUT2D eigenvalue weighted by Crippen LogP contribution is 2.27. The highest BCUT2D eigenvalue weighted by atomic mass is 19.4. The summed E-state index contributed by atoms with van der Waals surface area (Å²) in [6.07, 6.45) is -3.78. The molecule has 1 aliphatic heterocycles. The lowest BCUT2D eigenvalue weighted by atomic mass is 10.0. The molecular weight excluding hydrogens is 463 g/mol. The van der Waals surface area contributed by atoms with Gasteiger partial charge in [0.1, 0.15) is 11.4 Å². The number of likely N-dealkylation sites (tertiary alicyclic amines) is 1. The lowest BCUT2D eigenvalue weighted by molar-refractivity contribution is -0.274. The van der Waals surface area contributed by atoms with E-state index in [2.05, 4.69) is 10.1 Å². The summed E-state index contributed by atoms with van der Waals surface area (Å²) in [5, 5.41) is 2.85. The van der Waals surface area contributed by atoms with Gasteiger partial charge in [-0.3, -0.25) is 0 Å². The van der Waals surface area contributed by atoms with Gasteiger partial charge < -0.3 is 24.6 Å². The van der Waals surface area contributed by atoms with Gasteiger partial charge in [0, 0.05) is 31.9 Å². The second-order valence-electron chi connectivity index (χ2n) is 9.39. The van der Waals surface area contributed by atoms with E-state index in [9.17, 15) is 22.8 Å². The van der Waals surface area contributed by atoms with Crippen molar-refractivity contribution < 1.29 is 32.2 Å². The summed E-state index contributed by atoms with van der Waals surface area (Å²) < 4.78 is 46.2. The molecule has 7 nitrogen and oxygen atoms in total.